The molecule has 5 N–H and O–H groups in total. The molecule has 90 valence electrons. The maximum atomic E-state index is 11.6. The van der Waals surface area contributed by atoms with Crippen molar-refractivity contribution in [2.75, 3.05) is 6.29 Å². The molecule has 2 atom stereocenters. The molecule has 0 saturated carbocycles. The minimum atomic E-state index is -3.49. The van der Waals surface area contributed by atoms with Gasteiger partial charge in [0.1, 0.15) is 0 Å². The first-order valence-electron chi connectivity index (χ1n) is 4.78. The molecule has 0 aromatic carbocycles. The molecule has 0 aliphatic heterocycles. The van der Waals surface area contributed by atoms with Crippen LogP contribution in [0, 0.1) is 0 Å². The lowest BCUT2D eigenvalue weighted by atomic mass is 10.3. The van der Waals surface area contributed by atoms with Crippen LogP contribution in [0.2, 0.25) is 0 Å². The maximum Gasteiger partial charge on any atom is 0.303 e. The summed E-state index contributed by atoms with van der Waals surface area (Å²) in [6, 6.07) is 0.0946. The average Bonchev–Trinajstić information content (AvgIpc) is 2.11. The number of carboxylic acids is 1. The molecule has 0 heterocycles. The van der Waals surface area contributed by atoms with E-state index in [0.717, 1.165) is 0 Å². The highest BCUT2D eigenvalue weighted by Crippen LogP contribution is 2.44. The van der Waals surface area contributed by atoms with Crippen molar-refractivity contribution < 1.29 is 19.4 Å². The fourth-order valence-corrected chi connectivity index (χ4v) is 2.30. The lowest BCUT2D eigenvalue weighted by molar-refractivity contribution is -0.137. The summed E-state index contributed by atoms with van der Waals surface area (Å²) in [6.45, 7) is 3.70. The number of nitrogens with two attached hydrogens (primary N) is 1. The van der Waals surface area contributed by atoms with Crippen molar-refractivity contribution in [3.8, 4) is 0 Å². The summed E-state index contributed by atoms with van der Waals surface area (Å²) in [4.78, 5) is 19.8. The van der Waals surface area contributed by atoms with Gasteiger partial charge in [0.25, 0.3) is 0 Å². The summed E-state index contributed by atoms with van der Waals surface area (Å²) >= 11 is 0. The highest BCUT2D eigenvalue weighted by Gasteiger charge is 2.27. The number of carboxylic acid groups (broad SMARTS) is 1. The van der Waals surface area contributed by atoms with Gasteiger partial charge >= 0.3 is 5.97 Å². The topological polar surface area (TPSA) is 113 Å². The minimum absolute atomic E-state index is 0.0168. The van der Waals surface area contributed by atoms with Gasteiger partial charge in [-0.05, 0) is 6.42 Å². The van der Waals surface area contributed by atoms with E-state index >= 15 is 0 Å². The Hall–Kier alpha value is -0.420. The second-order valence-electron chi connectivity index (χ2n) is 3.77. The van der Waals surface area contributed by atoms with Crippen LogP contribution in [-0.4, -0.2) is 34.1 Å². The Bertz CT molecular complexity index is 257. The van der Waals surface area contributed by atoms with E-state index in [1.54, 1.807) is 0 Å². The first kappa shape index (κ1) is 14.6. The summed E-state index contributed by atoms with van der Waals surface area (Å²) in [5, 5.41) is 11.2. The van der Waals surface area contributed by atoms with E-state index in [2.05, 4.69) is 5.32 Å². The standard InChI is InChI=1S/C8H19N2O4P/c1-6(2)10-5-15(13,14)7(9)3-4-8(11)12/h6-7,10H,3-5,9H2,1-2H3,(H,11,12)(H,13,14). The van der Waals surface area contributed by atoms with Crippen molar-refractivity contribution in [3.63, 3.8) is 0 Å². The summed E-state index contributed by atoms with van der Waals surface area (Å²) in [5.74, 6) is -1.98. The van der Waals surface area contributed by atoms with E-state index in [4.69, 9.17) is 10.8 Å². The van der Waals surface area contributed by atoms with Gasteiger partial charge in [-0.1, -0.05) is 13.8 Å². The molecule has 0 radical (unpaired) electrons. The molecule has 0 fully saturated rings. The number of hydrogen-bond acceptors (Lipinski definition) is 4. The Balaban J connectivity index is 4.07. The highest BCUT2D eigenvalue weighted by molar-refractivity contribution is 7.58. The number of carbonyl (C=O) groups is 1. The fraction of sp³-hybridized carbons (Fsp3) is 0.875. The molecule has 0 aromatic rings. The largest absolute Gasteiger partial charge is 0.481 e. The molecule has 0 rings (SSSR count). The first-order chi connectivity index (χ1) is 6.75. The van der Waals surface area contributed by atoms with E-state index in [1.807, 2.05) is 13.8 Å². The molecule has 0 spiro atoms. The van der Waals surface area contributed by atoms with Crippen molar-refractivity contribution >= 4 is 13.3 Å². The first-order valence-corrected chi connectivity index (χ1v) is 6.69. The maximum absolute atomic E-state index is 11.6. The second-order valence-corrected chi connectivity index (χ2v) is 6.26. The van der Waals surface area contributed by atoms with Crippen LogP contribution >= 0.6 is 7.37 Å². The third-order valence-electron chi connectivity index (χ3n) is 1.90. The Morgan fingerprint density at radius 3 is 2.47 bits per heavy atom. The van der Waals surface area contributed by atoms with E-state index < -0.39 is 19.1 Å². The molecule has 0 amide bonds. The molecule has 0 aromatic heterocycles. The third kappa shape index (κ3) is 6.62. The van der Waals surface area contributed by atoms with Crippen LogP contribution in [0.1, 0.15) is 26.7 Å². The summed E-state index contributed by atoms with van der Waals surface area (Å²) in [5.41, 5.74) is 5.47. The molecular formula is C8H19N2O4P. The number of nitrogens with one attached hydrogen (secondary N) is 1. The predicted octanol–water partition coefficient (Wildman–Crippen LogP) is 0.362. The Kier molecular flexibility index (Phi) is 6.05. The molecule has 6 nitrogen and oxygen atoms in total. The SMILES string of the molecule is CC(C)NCP(=O)(O)C(N)CCC(=O)O. The zero-order chi connectivity index (χ0) is 12.1. The van der Waals surface area contributed by atoms with Gasteiger partial charge in [-0.2, -0.15) is 0 Å². The average molecular weight is 238 g/mol. The zero-order valence-corrected chi connectivity index (χ0v) is 9.91. The van der Waals surface area contributed by atoms with Crippen LogP contribution in [0.4, 0.5) is 0 Å². The van der Waals surface area contributed by atoms with Gasteiger partial charge < -0.3 is 21.1 Å². The smallest absolute Gasteiger partial charge is 0.303 e. The van der Waals surface area contributed by atoms with Crippen LogP contribution in [0.5, 0.6) is 0 Å². The van der Waals surface area contributed by atoms with Crippen LogP contribution in [0.25, 0.3) is 0 Å². The third-order valence-corrected chi connectivity index (χ3v) is 3.83. The van der Waals surface area contributed by atoms with Gasteiger partial charge in [0.05, 0.1) is 12.1 Å². The molecule has 2 unspecified atom stereocenters. The minimum Gasteiger partial charge on any atom is -0.481 e. The lowest BCUT2D eigenvalue weighted by Gasteiger charge is -2.20. The monoisotopic (exact) mass is 238 g/mol. The molecular weight excluding hydrogens is 219 g/mol. The number of hydrogen-bond donors (Lipinski definition) is 4. The highest BCUT2D eigenvalue weighted by atomic mass is 31.2. The van der Waals surface area contributed by atoms with Gasteiger partial charge in [-0.15, -0.1) is 0 Å². The summed E-state index contributed by atoms with van der Waals surface area (Å²) in [6.07, 6.45) is -0.248. The van der Waals surface area contributed by atoms with Gasteiger partial charge in [0.2, 0.25) is 7.37 Å². The Labute approximate surface area is 89.3 Å². The van der Waals surface area contributed by atoms with Crippen molar-refractivity contribution in [3.05, 3.63) is 0 Å². The lowest BCUT2D eigenvalue weighted by Crippen LogP contribution is -2.30. The van der Waals surface area contributed by atoms with E-state index in [1.165, 1.54) is 0 Å². The number of rotatable bonds is 7. The van der Waals surface area contributed by atoms with Gasteiger partial charge in [0.15, 0.2) is 0 Å². The molecule has 0 aliphatic carbocycles. The van der Waals surface area contributed by atoms with Crippen LogP contribution < -0.4 is 11.1 Å². The van der Waals surface area contributed by atoms with Crippen molar-refractivity contribution in [2.24, 2.45) is 5.73 Å². The fourth-order valence-electron chi connectivity index (χ4n) is 0.904. The van der Waals surface area contributed by atoms with Gasteiger partial charge in [-0.3, -0.25) is 9.36 Å². The van der Waals surface area contributed by atoms with Gasteiger partial charge in [-0.25, -0.2) is 0 Å². The van der Waals surface area contributed by atoms with Crippen molar-refractivity contribution in [2.45, 2.75) is 38.5 Å². The molecule has 7 heteroatoms. The number of aliphatic carboxylic acids is 1. The normalized spacial score (nSPS) is 17.4. The Morgan fingerprint density at radius 1 is 1.53 bits per heavy atom. The van der Waals surface area contributed by atoms with Crippen molar-refractivity contribution in [1.29, 1.82) is 0 Å². The van der Waals surface area contributed by atoms with Crippen LogP contribution in [0.3, 0.4) is 0 Å². The van der Waals surface area contributed by atoms with E-state index in [0.29, 0.717) is 0 Å². The second kappa shape index (κ2) is 6.23. The van der Waals surface area contributed by atoms with Crippen LogP contribution in [0.15, 0.2) is 0 Å². The molecule has 15 heavy (non-hydrogen) atoms. The van der Waals surface area contributed by atoms with Crippen molar-refractivity contribution in [1.82, 2.24) is 5.32 Å². The predicted molar refractivity (Wildman–Crippen MR) is 57.8 cm³/mol. The zero-order valence-electron chi connectivity index (χ0n) is 9.01. The molecule has 0 aliphatic rings. The quantitative estimate of drug-likeness (QED) is 0.476. The summed E-state index contributed by atoms with van der Waals surface area (Å²) < 4.78 is 11.6. The molecule has 0 saturated heterocycles. The van der Waals surface area contributed by atoms with E-state index in [9.17, 15) is 14.3 Å². The van der Waals surface area contributed by atoms with E-state index in [-0.39, 0.29) is 25.2 Å². The molecule has 0 bridgehead atoms. The van der Waals surface area contributed by atoms with Gasteiger partial charge in [0, 0.05) is 12.5 Å². The van der Waals surface area contributed by atoms with Crippen LogP contribution in [-0.2, 0) is 9.36 Å². The summed E-state index contributed by atoms with van der Waals surface area (Å²) in [7, 11) is -3.49. The Morgan fingerprint density at radius 2 is 2.07 bits per heavy atom.